The molecule has 0 saturated carbocycles. The van der Waals surface area contributed by atoms with Gasteiger partial charge in [-0.25, -0.2) is 4.98 Å². The largest absolute Gasteiger partial charge is 0.310 e. The van der Waals surface area contributed by atoms with Gasteiger partial charge in [0.15, 0.2) is 0 Å². The number of rotatable bonds is 6. The Balaban J connectivity index is 1.91. The molecule has 104 valence electrons. The van der Waals surface area contributed by atoms with Crippen LogP contribution in [0.15, 0.2) is 17.5 Å². The second-order valence-corrected chi connectivity index (χ2v) is 7.13. The number of nitrogens with one attached hydrogen (secondary N) is 1. The molecular formula is C14H21N3S2. The third kappa shape index (κ3) is 3.86. The SMILES string of the molecule is Cc1nc(C)c(CNCC(c2cccs2)N(C)C)s1. The number of aryl methyl sites for hydroxylation is 2. The molecule has 1 atom stereocenters. The van der Waals surface area contributed by atoms with Crippen molar-refractivity contribution in [2.45, 2.75) is 26.4 Å². The van der Waals surface area contributed by atoms with Crippen molar-refractivity contribution >= 4 is 22.7 Å². The molecule has 0 amide bonds. The molecule has 2 heterocycles. The standard InChI is InChI=1S/C14H21N3S2/c1-10-14(19-11(2)16-10)9-15-8-12(17(3)4)13-6-5-7-18-13/h5-7,12,15H,8-9H2,1-4H3. The lowest BCUT2D eigenvalue weighted by Crippen LogP contribution is -2.30. The summed E-state index contributed by atoms with van der Waals surface area (Å²) in [4.78, 5) is 9.49. The maximum atomic E-state index is 4.46. The highest BCUT2D eigenvalue weighted by atomic mass is 32.1. The van der Waals surface area contributed by atoms with Crippen LogP contribution in [0.1, 0.15) is 26.5 Å². The van der Waals surface area contributed by atoms with Gasteiger partial charge in [-0.05, 0) is 39.4 Å². The van der Waals surface area contributed by atoms with Crippen LogP contribution < -0.4 is 5.32 Å². The van der Waals surface area contributed by atoms with Crippen LogP contribution in [0.4, 0.5) is 0 Å². The summed E-state index contributed by atoms with van der Waals surface area (Å²) < 4.78 is 0. The Bertz CT molecular complexity index is 503. The fourth-order valence-electron chi connectivity index (χ4n) is 2.08. The summed E-state index contributed by atoms with van der Waals surface area (Å²) in [6.07, 6.45) is 0. The van der Waals surface area contributed by atoms with Gasteiger partial charge in [-0.2, -0.15) is 0 Å². The van der Waals surface area contributed by atoms with Gasteiger partial charge in [0.2, 0.25) is 0 Å². The molecule has 0 radical (unpaired) electrons. The maximum Gasteiger partial charge on any atom is 0.0900 e. The van der Waals surface area contributed by atoms with E-state index in [0.29, 0.717) is 6.04 Å². The van der Waals surface area contributed by atoms with E-state index in [0.717, 1.165) is 23.8 Å². The van der Waals surface area contributed by atoms with Gasteiger partial charge in [0, 0.05) is 22.8 Å². The fraction of sp³-hybridized carbons (Fsp3) is 0.500. The molecule has 5 heteroatoms. The predicted octanol–water partition coefficient (Wildman–Crippen LogP) is 3.21. The molecule has 2 aromatic rings. The monoisotopic (exact) mass is 295 g/mol. The van der Waals surface area contributed by atoms with Gasteiger partial charge in [-0.15, -0.1) is 22.7 Å². The van der Waals surface area contributed by atoms with E-state index < -0.39 is 0 Å². The van der Waals surface area contributed by atoms with Crippen molar-refractivity contribution in [3.8, 4) is 0 Å². The van der Waals surface area contributed by atoms with Crippen LogP contribution in [0.5, 0.6) is 0 Å². The van der Waals surface area contributed by atoms with E-state index in [1.807, 2.05) is 11.3 Å². The van der Waals surface area contributed by atoms with E-state index >= 15 is 0 Å². The smallest absolute Gasteiger partial charge is 0.0900 e. The molecule has 0 aliphatic rings. The Morgan fingerprint density at radius 2 is 2.16 bits per heavy atom. The van der Waals surface area contributed by atoms with Gasteiger partial charge >= 0.3 is 0 Å². The molecule has 0 fully saturated rings. The van der Waals surface area contributed by atoms with Gasteiger partial charge in [0.1, 0.15) is 0 Å². The zero-order chi connectivity index (χ0) is 13.8. The van der Waals surface area contributed by atoms with E-state index in [2.05, 4.69) is 60.7 Å². The minimum absolute atomic E-state index is 0.439. The Kier molecular flexibility index (Phi) is 5.10. The minimum Gasteiger partial charge on any atom is -0.310 e. The number of nitrogens with zero attached hydrogens (tertiary/aromatic N) is 2. The molecule has 2 aromatic heterocycles. The first-order valence-electron chi connectivity index (χ1n) is 6.41. The zero-order valence-corrected chi connectivity index (χ0v) is 13.6. The lowest BCUT2D eigenvalue weighted by Gasteiger charge is -2.23. The first kappa shape index (κ1) is 14.7. The molecular weight excluding hydrogens is 274 g/mol. The summed E-state index contributed by atoms with van der Waals surface area (Å²) in [6, 6.07) is 4.76. The number of hydrogen-bond donors (Lipinski definition) is 1. The van der Waals surface area contributed by atoms with Gasteiger partial charge in [0.05, 0.1) is 16.7 Å². The van der Waals surface area contributed by atoms with Crippen LogP contribution in [0.2, 0.25) is 0 Å². The molecule has 0 saturated heterocycles. The van der Waals surface area contributed by atoms with E-state index in [4.69, 9.17) is 0 Å². The average Bonchev–Trinajstić information content (AvgIpc) is 2.94. The van der Waals surface area contributed by atoms with Gasteiger partial charge in [-0.1, -0.05) is 6.07 Å². The van der Waals surface area contributed by atoms with Crippen molar-refractivity contribution in [2.75, 3.05) is 20.6 Å². The number of thiophene rings is 1. The van der Waals surface area contributed by atoms with Crippen molar-refractivity contribution in [1.29, 1.82) is 0 Å². The molecule has 0 aliphatic heterocycles. The quantitative estimate of drug-likeness (QED) is 0.887. The molecule has 0 aliphatic carbocycles. The van der Waals surface area contributed by atoms with Gasteiger partial charge < -0.3 is 10.2 Å². The number of aromatic nitrogens is 1. The second-order valence-electron chi connectivity index (χ2n) is 4.87. The van der Waals surface area contributed by atoms with E-state index in [9.17, 15) is 0 Å². The second kappa shape index (κ2) is 6.61. The summed E-state index contributed by atoms with van der Waals surface area (Å²) in [7, 11) is 4.27. The lowest BCUT2D eigenvalue weighted by molar-refractivity contribution is 0.292. The molecule has 2 rings (SSSR count). The molecule has 0 bridgehead atoms. The number of likely N-dealkylation sites (N-methyl/N-ethyl adjacent to an activating group) is 1. The highest BCUT2D eigenvalue weighted by Crippen LogP contribution is 2.23. The van der Waals surface area contributed by atoms with Gasteiger partial charge in [0.25, 0.3) is 0 Å². The summed E-state index contributed by atoms with van der Waals surface area (Å²) in [5.41, 5.74) is 1.16. The van der Waals surface area contributed by atoms with E-state index in [1.54, 1.807) is 11.3 Å². The van der Waals surface area contributed by atoms with Crippen LogP contribution in [-0.4, -0.2) is 30.5 Å². The molecule has 0 spiro atoms. The van der Waals surface area contributed by atoms with Crippen LogP contribution >= 0.6 is 22.7 Å². The summed E-state index contributed by atoms with van der Waals surface area (Å²) in [5, 5.41) is 6.85. The van der Waals surface area contributed by atoms with Crippen molar-refractivity contribution in [3.05, 3.63) is 38.0 Å². The van der Waals surface area contributed by atoms with Crippen LogP contribution in [0.3, 0.4) is 0 Å². The number of hydrogen-bond acceptors (Lipinski definition) is 5. The molecule has 1 N–H and O–H groups in total. The Labute approximate surface area is 123 Å². The molecule has 1 unspecified atom stereocenters. The highest BCUT2D eigenvalue weighted by molar-refractivity contribution is 7.11. The van der Waals surface area contributed by atoms with Crippen molar-refractivity contribution in [2.24, 2.45) is 0 Å². The average molecular weight is 295 g/mol. The molecule has 3 nitrogen and oxygen atoms in total. The summed E-state index contributed by atoms with van der Waals surface area (Å²) in [6.45, 7) is 6.02. The Morgan fingerprint density at radius 3 is 2.68 bits per heavy atom. The third-order valence-electron chi connectivity index (χ3n) is 3.12. The minimum atomic E-state index is 0.439. The summed E-state index contributed by atoms with van der Waals surface area (Å²) in [5.74, 6) is 0. The first-order chi connectivity index (χ1) is 9.08. The Hall–Kier alpha value is -0.750. The lowest BCUT2D eigenvalue weighted by atomic mass is 10.2. The van der Waals surface area contributed by atoms with E-state index in [1.165, 1.54) is 9.75 Å². The van der Waals surface area contributed by atoms with Gasteiger partial charge in [-0.3, -0.25) is 0 Å². The predicted molar refractivity (Wildman–Crippen MR) is 84.0 cm³/mol. The zero-order valence-electron chi connectivity index (χ0n) is 11.9. The highest BCUT2D eigenvalue weighted by Gasteiger charge is 2.15. The van der Waals surface area contributed by atoms with E-state index in [-0.39, 0.29) is 0 Å². The fourth-order valence-corrected chi connectivity index (χ4v) is 3.91. The third-order valence-corrected chi connectivity index (χ3v) is 5.16. The van der Waals surface area contributed by atoms with Crippen molar-refractivity contribution < 1.29 is 0 Å². The Morgan fingerprint density at radius 1 is 1.37 bits per heavy atom. The maximum absolute atomic E-state index is 4.46. The van der Waals surface area contributed by atoms with Crippen LogP contribution in [0.25, 0.3) is 0 Å². The van der Waals surface area contributed by atoms with Crippen molar-refractivity contribution in [1.82, 2.24) is 15.2 Å². The molecule has 0 aromatic carbocycles. The molecule has 19 heavy (non-hydrogen) atoms. The van der Waals surface area contributed by atoms with Crippen LogP contribution in [-0.2, 0) is 6.54 Å². The number of thiazole rings is 1. The first-order valence-corrected chi connectivity index (χ1v) is 8.11. The topological polar surface area (TPSA) is 28.2 Å². The normalized spacial score (nSPS) is 13.1. The van der Waals surface area contributed by atoms with Crippen LogP contribution in [0, 0.1) is 13.8 Å². The van der Waals surface area contributed by atoms with Crippen molar-refractivity contribution in [3.63, 3.8) is 0 Å². The summed E-state index contributed by atoms with van der Waals surface area (Å²) >= 11 is 3.61.